The SMILES string of the molecule is CC(CCl)CS(=O)(=O)N(C)CC(=O)Nc1ccc(Cl)cc1. The second kappa shape index (κ2) is 7.98. The summed E-state index contributed by atoms with van der Waals surface area (Å²) in [5.41, 5.74) is 0.560. The van der Waals surface area contributed by atoms with Crippen LogP contribution in [0.1, 0.15) is 6.92 Å². The molecule has 1 unspecified atom stereocenters. The number of alkyl halides is 1. The Labute approximate surface area is 135 Å². The Morgan fingerprint density at radius 3 is 2.43 bits per heavy atom. The fraction of sp³-hybridized carbons (Fsp3) is 0.462. The highest BCUT2D eigenvalue weighted by Crippen LogP contribution is 2.13. The average molecular weight is 353 g/mol. The molecule has 0 aliphatic rings. The summed E-state index contributed by atoms with van der Waals surface area (Å²) in [5, 5.41) is 3.17. The molecule has 0 spiro atoms. The minimum absolute atomic E-state index is 0.0821. The summed E-state index contributed by atoms with van der Waals surface area (Å²) in [5.74, 6) is -0.411. The number of halogens is 2. The lowest BCUT2D eigenvalue weighted by Crippen LogP contribution is -2.37. The van der Waals surface area contributed by atoms with Crippen molar-refractivity contribution in [2.24, 2.45) is 5.92 Å². The van der Waals surface area contributed by atoms with Gasteiger partial charge >= 0.3 is 0 Å². The van der Waals surface area contributed by atoms with Gasteiger partial charge in [-0.2, -0.15) is 4.31 Å². The van der Waals surface area contributed by atoms with Gasteiger partial charge in [0.2, 0.25) is 15.9 Å². The zero-order chi connectivity index (χ0) is 16.0. The number of hydrogen-bond acceptors (Lipinski definition) is 3. The first kappa shape index (κ1) is 18.2. The first-order valence-electron chi connectivity index (χ1n) is 6.30. The molecule has 1 amide bonds. The number of rotatable bonds is 7. The molecule has 1 aromatic rings. The van der Waals surface area contributed by atoms with E-state index >= 15 is 0 Å². The number of carbonyl (C=O) groups excluding carboxylic acids is 1. The molecular formula is C13H18Cl2N2O3S. The molecule has 0 radical (unpaired) electrons. The van der Waals surface area contributed by atoms with Crippen LogP contribution in [-0.4, -0.2) is 43.9 Å². The molecule has 0 heterocycles. The fourth-order valence-electron chi connectivity index (χ4n) is 1.57. The van der Waals surface area contributed by atoms with E-state index in [1.165, 1.54) is 7.05 Å². The highest BCUT2D eigenvalue weighted by atomic mass is 35.5. The Kier molecular flexibility index (Phi) is 6.93. The lowest BCUT2D eigenvalue weighted by atomic mass is 10.3. The molecule has 21 heavy (non-hydrogen) atoms. The monoisotopic (exact) mass is 352 g/mol. The third-order valence-electron chi connectivity index (χ3n) is 2.73. The zero-order valence-electron chi connectivity index (χ0n) is 11.8. The van der Waals surface area contributed by atoms with Gasteiger partial charge in [0.15, 0.2) is 0 Å². The maximum absolute atomic E-state index is 12.0. The summed E-state index contributed by atoms with van der Waals surface area (Å²) in [6, 6.07) is 6.56. The fourth-order valence-corrected chi connectivity index (χ4v) is 3.34. The van der Waals surface area contributed by atoms with Crippen LogP contribution in [0.4, 0.5) is 5.69 Å². The van der Waals surface area contributed by atoms with Crippen molar-refractivity contribution in [1.82, 2.24) is 4.31 Å². The van der Waals surface area contributed by atoms with E-state index in [0.717, 1.165) is 4.31 Å². The molecule has 0 aliphatic carbocycles. The van der Waals surface area contributed by atoms with Crippen molar-refractivity contribution in [3.8, 4) is 0 Å². The average Bonchev–Trinajstić information content (AvgIpc) is 2.40. The molecule has 1 N–H and O–H groups in total. The zero-order valence-corrected chi connectivity index (χ0v) is 14.2. The van der Waals surface area contributed by atoms with E-state index in [9.17, 15) is 13.2 Å². The van der Waals surface area contributed by atoms with Crippen LogP contribution in [0.25, 0.3) is 0 Å². The Balaban J connectivity index is 2.59. The van der Waals surface area contributed by atoms with Crippen LogP contribution in [0.2, 0.25) is 5.02 Å². The van der Waals surface area contributed by atoms with Gasteiger partial charge in [-0.1, -0.05) is 18.5 Å². The topological polar surface area (TPSA) is 66.5 Å². The Bertz CT molecular complexity index is 576. The van der Waals surface area contributed by atoms with Crippen LogP contribution in [0, 0.1) is 5.92 Å². The van der Waals surface area contributed by atoms with Gasteiger partial charge in [-0.15, -0.1) is 11.6 Å². The van der Waals surface area contributed by atoms with Gasteiger partial charge in [-0.25, -0.2) is 8.42 Å². The molecule has 0 saturated carbocycles. The number of nitrogens with one attached hydrogen (secondary N) is 1. The van der Waals surface area contributed by atoms with Crippen molar-refractivity contribution in [1.29, 1.82) is 0 Å². The summed E-state index contributed by atoms with van der Waals surface area (Å²) in [4.78, 5) is 11.8. The minimum Gasteiger partial charge on any atom is -0.325 e. The summed E-state index contributed by atoms with van der Waals surface area (Å²) < 4.78 is 25.0. The summed E-state index contributed by atoms with van der Waals surface area (Å²) in [7, 11) is -2.13. The van der Waals surface area contributed by atoms with Gasteiger partial charge in [0.1, 0.15) is 0 Å². The Morgan fingerprint density at radius 1 is 1.33 bits per heavy atom. The largest absolute Gasteiger partial charge is 0.325 e. The molecule has 5 nitrogen and oxygen atoms in total. The van der Waals surface area contributed by atoms with Gasteiger partial charge < -0.3 is 5.32 Å². The highest BCUT2D eigenvalue weighted by molar-refractivity contribution is 7.89. The maximum atomic E-state index is 12.0. The third-order valence-corrected chi connectivity index (χ3v) is 5.58. The van der Waals surface area contributed by atoms with E-state index in [0.29, 0.717) is 10.7 Å². The van der Waals surface area contributed by atoms with E-state index in [1.54, 1.807) is 31.2 Å². The lowest BCUT2D eigenvalue weighted by Gasteiger charge is -2.18. The minimum atomic E-state index is -3.50. The molecule has 0 aliphatic heterocycles. The van der Waals surface area contributed by atoms with Crippen LogP contribution >= 0.6 is 23.2 Å². The molecule has 0 fully saturated rings. The number of sulfonamides is 1. The van der Waals surface area contributed by atoms with E-state index in [-0.39, 0.29) is 24.1 Å². The molecule has 118 valence electrons. The van der Waals surface area contributed by atoms with Crippen LogP contribution in [0.3, 0.4) is 0 Å². The second-order valence-corrected chi connectivity index (χ2v) is 7.71. The molecule has 8 heteroatoms. The second-order valence-electron chi connectivity index (χ2n) is 4.85. The van der Waals surface area contributed by atoms with Crippen molar-refractivity contribution in [2.75, 3.05) is 30.5 Å². The number of hydrogen-bond donors (Lipinski definition) is 1. The van der Waals surface area contributed by atoms with Gasteiger partial charge in [-0.3, -0.25) is 4.79 Å². The number of amides is 1. The number of nitrogens with zero attached hydrogens (tertiary/aromatic N) is 1. The van der Waals surface area contributed by atoms with Crippen LogP contribution < -0.4 is 5.32 Å². The third kappa shape index (κ3) is 6.22. The Hall–Kier alpha value is -0.820. The number of carbonyl (C=O) groups is 1. The smallest absolute Gasteiger partial charge is 0.239 e. The molecule has 1 aromatic carbocycles. The summed E-state index contributed by atoms with van der Waals surface area (Å²) >= 11 is 11.4. The maximum Gasteiger partial charge on any atom is 0.239 e. The van der Waals surface area contributed by atoms with Gasteiger partial charge in [0, 0.05) is 23.6 Å². The normalized spacial score (nSPS) is 13.2. The Morgan fingerprint density at radius 2 is 1.90 bits per heavy atom. The number of likely N-dealkylation sites (N-methyl/N-ethyl adjacent to an activating group) is 1. The van der Waals surface area contributed by atoms with Gasteiger partial charge in [-0.05, 0) is 30.2 Å². The lowest BCUT2D eigenvalue weighted by molar-refractivity contribution is -0.116. The van der Waals surface area contributed by atoms with E-state index in [4.69, 9.17) is 23.2 Å². The van der Waals surface area contributed by atoms with Crippen LogP contribution in [0.15, 0.2) is 24.3 Å². The molecule has 0 aromatic heterocycles. The van der Waals surface area contributed by atoms with Crippen molar-refractivity contribution in [3.05, 3.63) is 29.3 Å². The summed E-state index contributed by atoms with van der Waals surface area (Å²) in [6.45, 7) is 1.49. The van der Waals surface area contributed by atoms with E-state index < -0.39 is 15.9 Å². The molecule has 0 saturated heterocycles. The van der Waals surface area contributed by atoms with Gasteiger partial charge in [0.25, 0.3) is 0 Å². The van der Waals surface area contributed by atoms with Gasteiger partial charge in [0.05, 0.1) is 12.3 Å². The van der Waals surface area contributed by atoms with Crippen molar-refractivity contribution < 1.29 is 13.2 Å². The molecular weight excluding hydrogens is 335 g/mol. The molecule has 1 rings (SSSR count). The first-order chi connectivity index (χ1) is 9.74. The number of anilines is 1. The van der Waals surface area contributed by atoms with Crippen molar-refractivity contribution in [3.63, 3.8) is 0 Å². The van der Waals surface area contributed by atoms with E-state index in [1.807, 2.05) is 0 Å². The molecule has 0 bridgehead atoms. The highest BCUT2D eigenvalue weighted by Gasteiger charge is 2.22. The number of benzene rings is 1. The standard InChI is InChI=1S/C13H18Cl2N2O3S/c1-10(7-14)9-21(19,20)17(2)8-13(18)16-12-5-3-11(15)4-6-12/h3-6,10H,7-9H2,1-2H3,(H,16,18). The first-order valence-corrected chi connectivity index (χ1v) is 8.82. The molecule has 1 atom stereocenters. The van der Waals surface area contributed by atoms with Crippen LogP contribution in [-0.2, 0) is 14.8 Å². The van der Waals surface area contributed by atoms with Crippen LogP contribution in [0.5, 0.6) is 0 Å². The van der Waals surface area contributed by atoms with Crippen molar-refractivity contribution >= 4 is 44.8 Å². The van der Waals surface area contributed by atoms with Crippen molar-refractivity contribution in [2.45, 2.75) is 6.92 Å². The predicted octanol–water partition coefficient (Wildman–Crippen LogP) is 2.42. The van der Waals surface area contributed by atoms with E-state index in [2.05, 4.69) is 5.32 Å². The quantitative estimate of drug-likeness (QED) is 0.766. The summed E-state index contributed by atoms with van der Waals surface area (Å²) in [6.07, 6.45) is 0. The predicted molar refractivity (Wildman–Crippen MR) is 86.4 cm³/mol.